The van der Waals surface area contributed by atoms with Crippen LogP contribution < -0.4 is 37.1 Å². The number of fused-ring (bicyclic) bond motifs is 1. The van der Waals surface area contributed by atoms with Gasteiger partial charge in [-0.25, -0.2) is 14.8 Å². The van der Waals surface area contributed by atoms with Crippen LogP contribution in [0.5, 0.6) is 0 Å². The zero-order valence-corrected chi connectivity index (χ0v) is 15.7. The van der Waals surface area contributed by atoms with Crippen molar-refractivity contribution in [2.75, 3.05) is 32.8 Å². The van der Waals surface area contributed by atoms with Gasteiger partial charge in [0.1, 0.15) is 6.17 Å². The minimum atomic E-state index is -0.959. The fourth-order valence-electron chi connectivity index (χ4n) is 4.54. The number of rotatable bonds is 3. The molecule has 4 aliphatic heterocycles. The second kappa shape index (κ2) is 7.84. The lowest BCUT2D eigenvalue weighted by molar-refractivity contribution is -0.127. The summed E-state index contributed by atoms with van der Waals surface area (Å²) in [5.74, 6) is 0.221. The maximum Gasteiger partial charge on any atom is 0.230 e. The van der Waals surface area contributed by atoms with Crippen LogP contribution in [0.3, 0.4) is 0 Å². The van der Waals surface area contributed by atoms with E-state index in [2.05, 4.69) is 38.3 Å². The summed E-state index contributed by atoms with van der Waals surface area (Å²) >= 11 is 1.58. The molecule has 0 aromatic rings. The molecule has 0 radical (unpaired) electrons. The van der Waals surface area contributed by atoms with Crippen LogP contribution in [0.1, 0.15) is 6.92 Å². The lowest BCUT2D eigenvalue weighted by Crippen LogP contribution is -2.59. The van der Waals surface area contributed by atoms with Crippen LogP contribution >= 0.6 is 11.9 Å². The summed E-state index contributed by atoms with van der Waals surface area (Å²) in [5.41, 5.74) is 9.18. The van der Waals surface area contributed by atoms with Gasteiger partial charge in [-0.05, 0) is 12.8 Å². The Morgan fingerprint density at radius 3 is 2.85 bits per heavy atom. The first-order valence-electron chi connectivity index (χ1n) is 9.33. The minimum Gasteiger partial charge on any atom is -0.342 e. The predicted molar refractivity (Wildman–Crippen MR) is 98.0 cm³/mol. The smallest absolute Gasteiger partial charge is 0.230 e. The van der Waals surface area contributed by atoms with Crippen molar-refractivity contribution in [3.05, 3.63) is 0 Å². The summed E-state index contributed by atoms with van der Waals surface area (Å²) < 4.78 is 17.0. The summed E-state index contributed by atoms with van der Waals surface area (Å²) in [5, 5.41) is 14.7. The molecule has 4 aliphatic rings. The molecule has 0 aromatic carbocycles. The molecule has 4 fully saturated rings. The van der Waals surface area contributed by atoms with E-state index in [1.165, 1.54) is 0 Å². The molecule has 9 nitrogen and oxygen atoms in total. The van der Waals surface area contributed by atoms with E-state index in [1.807, 2.05) is 0 Å². The highest BCUT2D eigenvalue weighted by atomic mass is 32.2. The Hall–Kier alpha value is -0.530. The number of hydrogen-bond acceptors (Lipinski definition) is 9. The molecular weight excluding hydrogens is 359 g/mol. The van der Waals surface area contributed by atoms with Crippen molar-refractivity contribution < 1.29 is 9.18 Å². The zero-order valence-electron chi connectivity index (χ0n) is 14.9. The molecule has 26 heavy (non-hydrogen) atoms. The SMILES string of the molecule is CC1NSC(NC(=O)C2C(N)NN3CC(F)CNC23)C1C1CNCNC1. The molecule has 7 unspecified atom stereocenters. The van der Waals surface area contributed by atoms with Gasteiger partial charge in [0, 0.05) is 44.8 Å². The Bertz CT molecular complexity index is 524. The lowest BCUT2D eigenvalue weighted by atomic mass is 9.85. The number of nitrogens with one attached hydrogen (secondary N) is 6. The van der Waals surface area contributed by atoms with Gasteiger partial charge < -0.3 is 21.7 Å². The van der Waals surface area contributed by atoms with Gasteiger partial charge in [-0.2, -0.15) is 0 Å². The van der Waals surface area contributed by atoms with Crippen molar-refractivity contribution in [1.82, 2.24) is 36.4 Å². The van der Waals surface area contributed by atoms with E-state index < -0.39 is 18.3 Å². The number of amides is 1. The molecular formula is C15H29FN8OS. The van der Waals surface area contributed by atoms with E-state index in [0.717, 1.165) is 19.8 Å². The number of nitrogens with zero attached hydrogens (tertiary/aromatic N) is 1. The molecule has 4 heterocycles. The lowest BCUT2D eigenvalue weighted by Gasteiger charge is -2.35. The van der Waals surface area contributed by atoms with Crippen molar-refractivity contribution in [3.8, 4) is 0 Å². The third-order valence-corrected chi connectivity index (χ3v) is 7.02. The maximum absolute atomic E-state index is 13.6. The molecule has 0 bridgehead atoms. The molecule has 8 N–H and O–H groups in total. The van der Waals surface area contributed by atoms with Gasteiger partial charge in [-0.3, -0.25) is 14.8 Å². The van der Waals surface area contributed by atoms with Crippen LogP contribution in [0.2, 0.25) is 0 Å². The van der Waals surface area contributed by atoms with Crippen molar-refractivity contribution in [2.24, 2.45) is 23.5 Å². The summed E-state index contributed by atoms with van der Waals surface area (Å²) in [4.78, 5) is 13.0. The number of hydrogen-bond donors (Lipinski definition) is 7. The average Bonchev–Trinajstić information content (AvgIpc) is 3.14. The van der Waals surface area contributed by atoms with Crippen LogP contribution in [0.4, 0.5) is 4.39 Å². The minimum absolute atomic E-state index is 0.0111. The Labute approximate surface area is 157 Å². The fraction of sp³-hybridized carbons (Fsp3) is 0.933. The molecule has 0 aliphatic carbocycles. The Morgan fingerprint density at radius 2 is 2.08 bits per heavy atom. The highest BCUT2D eigenvalue weighted by Crippen LogP contribution is 2.34. The standard InChI is InChI=1S/C15H29FN8OS/c1-7-10(8-2-18-6-19-3-8)15(26-23-7)21-14(25)11-12(17)22-24-5-9(16)4-20-13(11)24/h7-13,15,18-20,22-23H,2-6,17H2,1H3,(H,21,25). The van der Waals surface area contributed by atoms with Gasteiger partial charge in [0.25, 0.3) is 0 Å². The second-order valence-electron chi connectivity index (χ2n) is 7.66. The molecule has 0 spiro atoms. The first-order chi connectivity index (χ1) is 12.5. The number of carbonyl (C=O) groups is 1. The van der Waals surface area contributed by atoms with Gasteiger partial charge in [0.05, 0.1) is 23.6 Å². The molecule has 4 saturated heterocycles. The quantitative estimate of drug-likeness (QED) is 0.262. The number of nitrogens with two attached hydrogens (primary N) is 1. The van der Waals surface area contributed by atoms with E-state index in [4.69, 9.17) is 5.73 Å². The van der Waals surface area contributed by atoms with Crippen molar-refractivity contribution in [1.29, 1.82) is 0 Å². The number of carbonyl (C=O) groups excluding carboxylic acids is 1. The zero-order chi connectivity index (χ0) is 18.3. The topological polar surface area (TPSA) is 119 Å². The van der Waals surface area contributed by atoms with E-state index in [9.17, 15) is 9.18 Å². The van der Waals surface area contributed by atoms with Gasteiger partial charge in [-0.1, -0.05) is 11.9 Å². The molecule has 11 heteroatoms. The molecule has 0 saturated carbocycles. The average molecular weight is 389 g/mol. The van der Waals surface area contributed by atoms with Crippen LogP contribution in [0.15, 0.2) is 0 Å². The molecule has 148 valence electrons. The molecule has 4 rings (SSSR count). The second-order valence-corrected chi connectivity index (χ2v) is 8.64. The van der Waals surface area contributed by atoms with E-state index in [1.54, 1.807) is 17.0 Å². The number of hydrazine groups is 1. The first kappa shape index (κ1) is 18.8. The van der Waals surface area contributed by atoms with E-state index in [0.29, 0.717) is 17.9 Å². The van der Waals surface area contributed by atoms with Gasteiger partial charge in [0.15, 0.2) is 0 Å². The Kier molecular flexibility index (Phi) is 5.67. The largest absolute Gasteiger partial charge is 0.342 e. The highest BCUT2D eigenvalue weighted by Gasteiger charge is 2.49. The van der Waals surface area contributed by atoms with Crippen molar-refractivity contribution in [2.45, 2.75) is 36.8 Å². The number of alkyl halides is 1. The van der Waals surface area contributed by atoms with Gasteiger partial charge in [-0.15, -0.1) is 0 Å². The first-order valence-corrected chi connectivity index (χ1v) is 10.2. The van der Waals surface area contributed by atoms with Crippen LogP contribution in [0.25, 0.3) is 0 Å². The van der Waals surface area contributed by atoms with Crippen molar-refractivity contribution in [3.63, 3.8) is 0 Å². The van der Waals surface area contributed by atoms with Gasteiger partial charge >= 0.3 is 0 Å². The highest BCUT2D eigenvalue weighted by molar-refractivity contribution is 7.98. The fourth-order valence-corrected chi connectivity index (χ4v) is 5.85. The number of halogens is 1. The maximum atomic E-state index is 13.6. The van der Waals surface area contributed by atoms with Gasteiger partial charge in [0.2, 0.25) is 5.91 Å². The molecule has 1 amide bonds. The van der Waals surface area contributed by atoms with Crippen LogP contribution in [0, 0.1) is 17.8 Å². The summed E-state index contributed by atoms with van der Waals surface area (Å²) in [7, 11) is 0. The Balaban J connectivity index is 1.42. The Morgan fingerprint density at radius 1 is 1.31 bits per heavy atom. The summed E-state index contributed by atoms with van der Waals surface area (Å²) in [6.07, 6.45) is -1.75. The monoisotopic (exact) mass is 388 g/mol. The third-order valence-electron chi connectivity index (χ3n) is 5.82. The third kappa shape index (κ3) is 3.59. The summed E-state index contributed by atoms with van der Waals surface area (Å²) in [6.45, 7) is 5.36. The van der Waals surface area contributed by atoms with E-state index >= 15 is 0 Å². The summed E-state index contributed by atoms with van der Waals surface area (Å²) in [6, 6.07) is 0.309. The van der Waals surface area contributed by atoms with Crippen molar-refractivity contribution >= 4 is 17.9 Å². The normalized spacial score (nSPS) is 44.8. The molecule has 0 aromatic heterocycles. The molecule has 7 atom stereocenters. The van der Waals surface area contributed by atoms with Crippen LogP contribution in [-0.2, 0) is 4.79 Å². The predicted octanol–water partition coefficient (Wildman–Crippen LogP) is -2.56. The van der Waals surface area contributed by atoms with Crippen LogP contribution in [-0.4, -0.2) is 73.7 Å². The van der Waals surface area contributed by atoms with E-state index in [-0.39, 0.29) is 30.5 Å².